The van der Waals surface area contributed by atoms with Gasteiger partial charge in [0.1, 0.15) is 5.75 Å². The van der Waals surface area contributed by atoms with Gasteiger partial charge in [-0.25, -0.2) is 5.43 Å². The van der Waals surface area contributed by atoms with Gasteiger partial charge < -0.3 is 10.1 Å². The van der Waals surface area contributed by atoms with Gasteiger partial charge in [0.15, 0.2) is 0 Å². The van der Waals surface area contributed by atoms with Crippen LogP contribution in [0.15, 0.2) is 53.6 Å². The summed E-state index contributed by atoms with van der Waals surface area (Å²) in [5.74, 6) is 0.492. The van der Waals surface area contributed by atoms with Crippen molar-refractivity contribution in [3.8, 4) is 5.75 Å². The summed E-state index contributed by atoms with van der Waals surface area (Å²) in [6.07, 6.45) is 1.56. The number of hydrogen-bond donors (Lipinski definition) is 2. The van der Waals surface area contributed by atoms with Crippen molar-refractivity contribution in [1.82, 2.24) is 5.43 Å². The van der Waals surface area contributed by atoms with E-state index in [0.717, 1.165) is 16.8 Å². The highest BCUT2D eigenvalue weighted by molar-refractivity contribution is 5.86. The predicted octanol–water partition coefficient (Wildman–Crippen LogP) is 2.57. The molecule has 0 saturated heterocycles. The lowest BCUT2D eigenvalue weighted by Crippen LogP contribution is -2.25. The number of nitrogens with one attached hydrogen (secondary N) is 2. The Kier molecular flexibility index (Phi) is 5.54. The van der Waals surface area contributed by atoms with Crippen LogP contribution in [0.3, 0.4) is 0 Å². The maximum absolute atomic E-state index is 11.7. The van der Waals surface area contributed by atoms with Gasteiger partial charge in [-0.15, -0.1) is 0 Å². The molecule has 1 amide bonds. The highest BCUT2D eigenvalue weighted by Crippen LogP contribution is 2.14. The number of para-hydroxylation sites is 1. The quantitative estimate of drug-likeness (QED) is 0.636. The second-order valence-corrected chi connectivity index (χ2v) is 4.76. The highest BCUT2D eigenvalue weighted by atomic mass is 16.5. The van der Waals surface area contributed by atoms with Crippen molar-refractivity contribution in [3.05, 3.63) is 59.7 Å². The number of amides is 1. The van der Waals surface area contributed by atoms with Crippen LogP contribution >= 0.6 is 0 Å². The lowest BCUT2D eigenvalue weighted by atomic mass is 10.2. The fourth-order valence-corrected chi connectivity index (χ4v) is 1.92. The molecule has 0 spiro atoms. The molecule has 2 aromatic carbocycles. The number of hydrazone groups is 1. The normalized spacial score (nSPS) is 10.5. The Morgan fingerprint density at radius 3 is 2.82 bits per heavy atom. The smallest absolute Gasteiger partial charge is 0.259 e. The molecule has 5 heteroatoms. The molecule has 0 fully saturated rings. The first-order valence-corrected chi connectivity index (χ1v) is 6.94. The van der Waals surface area contributed by atoms with Crippen LogP contribution in [0.2, 0.25) is 0 Å². The summed E-state index contributed by atoms with van der Waals surface area (Å²) < 4.78 is 5.20. The molecular weight excluding hydrogens is 278 g/mol. The van der Waals surface area contributed by atoms with Crippen molar-refractivity contribution >= 4 is 17.8 Å². The Labute approximate surface area is 130 Å². The molecule has 2 rings (SSSR count). The van der Waals surface area contributed by atoms with Crippen molar-refractivity contribution in [3.63, 3.8) is 0 Å². The van der Waals surface area contributed by atoms with E-state index in [1.54, 1.807) is 13.3 Å². The Morgan fingerprint density at radius 1 is 1.23 bits per heavy atom. The first-order chi connectivity index (χ1) is 10.7. The molecule has 0 saturated carbocycles. The summed E-state index contributed by atoms with van der Waals surface area (Å²) in [6.45, 7) is 2.16. The molecule has 0 aliphatic rings. The lowest BCUT2D eigenvalue weighted by molar-refractivity contribution is -0.119. The van der Waals surface area contributed by atoms with Crippen molar-refractivity contribution in [2.75, 3.05) is 19.0 Å². The number of carbonyl (C=O) groups excluding carboxylic acids is 1. The van der Waals surface area contributed by atoms with Gasteiger partial charge in [-0.3, -0.25) is 4.79 Å². The Balaban J connectivity index is 1.83. The molecule has 0 heterocycles. The van der Waals surface area contributed by atoms with Crippen LogP contribution < -0.4 is 15.5 Å². The third kappa shape index (κ3) is 4.63. The zero-order valence-electron chi connectivity index (χ0n) is 12.7. The maximum atomic E-state index is 11.7. The minimum Gasteiger partial charge on any atom is -0.496 e. The van der Waals surface area contributed by atoms with Gasteiger partial charge in [0, 0.05) is 11.3 Å². The van der Waals surface area contributed by atoms with E-state index in [-0.39, 0.29) is 12.5 Å². The zero-order chi connectivity index (χ0) is 15.8. The van der Waals surface area contributed by atoms with E-state index in [2.05, 4.69) is 15.8 Å². The summed E-state index contributed by atoms with van der Waals surface area (Å²) in [4.78, 5) is 11.7. The third-order valence-electron chi connectivity index (χ3n) is 3.00. The van der Waals surface area contributed by atoms with Gasteiger partial charge in [-0.1, -0.05) is 24.3 Å². The molecular formula is C17H19N3O2. The number of benzene rings is 2. The molecule has 0 aliphatic heterocycles. The second kappa shape index (κ2) is 7.83. The molecule has 114 valence electrons. The van der Waals surface area contributed by atoms with Crippen molar-refractivity contribution < 1.29 is 9.53 Å². The standard InChI is InChI=1S/C17H19N3O2/c1-13-6-5-8-15(10-13)18-12-17(21)20-19-11-14-7-3-4-9-16(14)22-2/h3-11,18H,12H2,1-2H3,(H,20,21)/b19-11+. The van der Waals surface area contributed by atoms with E-state index in [1.807, 2.05) is 55.5 Å². The van der Waals surface area contributed by atoms with Crippen molar-refractivity contribution in [2.24, 2.45) is 5.10 Å². The highest BCUT2D eigenvalue weighted by Gasteiger charge is 2.01. The summed E-state index contributed by atoms with van der Waals surface area (Å²) >= 11 is 0. The molecule has 0 atom stereocenters. The van der Waals surface area contributed by atoms with Crippen LogP contribution in [0, 0.1) is 6.92 Å². The number of hydrogen-bond acceptors (Lipinski definition) is 4. The van der Waals surface area contributed by atoms with Crippen LogP contribution in [0.4, 0.5) is 5.69 Å². The fourth-order valence-electron chi connectivity index (χ4n) is 1.92. The number of ether oxygens (including phenoxy) is 1. The van der Waals surface area contributed by atoms with Crippen LogP contribution in [0.25, 0.3) is 0 Å². The van der Waals surface area contributed by atoms with Gasteiger partial charge in [0.05, 0.1) is 19.9 Å². The molecule has 2 aromatic rings. The molecule has 0 bridgehead atoms. The predicted molar refractivity (Wildman–Crippen MR) is 88.4 cm³/mol. The van der Waals surface area contributed by atoms with Crippen LogP contribution in [0.5, 0.6) is 5.75 Å². The number of rotatable bonds is 6. The summed E-state index contributed by atoms with van der Waals surface area (Å²) in [7, 11) is 1.59. The molecule has 22 heavy (non-hydrogen) atoms. The van der Waals surface area contributed by atoms with E-state index < -0.39 is 0 Å². The Hall–Kier alpha value is -2.82. The van der Waals surface area contributed by atoms with E-state index in [0.29, 0.717) is 5.75 Å². The second-order valence-electron chi connectivity index (χ2n) is 4.76. The van der Waals surface area contributed by atoms with Gasteiger partial charge in [-0.05, 0) is 36.8 Å². The van der Waals surface area contributed by atoms with E-state index >= 15 is 0 Å². The fraction of sp³-hybridized carbons (Fsp3) is 0.176. The minimum absolute atomic E-state index is 0.159. The van der Waals surface area contributed by atoms with Crippen molar-refractivity contribution in [2.45, 2.75) is 6.92 Å². The minimum atomic E-state index is -0.215. The maximum Gasteiger partial charge on any atom is 0.259 e. The molecule has 0 radical (unpaired) electrons. The average Bonchev–Trinajstić information content (AvgIpc) is 2.53. The summed E-state index contributed by atoms with van der Waals surface area (Å²) in [5.41, 5.74) is 5.33. The molecule has 0 aliphatic carbocycles. The van der Waals surface area contributed by atoms with Crippen LogP contribution in [-0.2, 0) is 4.79 Å². The molecule has 2 N–H and O–H groups in total. The first-order valence-electron chi connectivity index (χ1n) is 6.94. The van der Waals surface area contributed by atoms with Crippen LogP contribution in [-0.4, -0.2) is 25.8 Å². The number of anilines is 1. The van der Waals surface area contributed by atoms with E-state index in [4.69, 9.17) is 4.74 Å². The Morgan fingerprint density at radius 2 is 2.05 bits per heavy atom. The number of nitrogens with zero attached hydrogens (tertiary/aromatic N) is 1. The SMILES string of the molecule is COc1ccccc1/C=N/NC(=O)CNc1cccc(C)c1. The molecule has 0 unspecified atom stereocenters. The van der Waals surface area contributed by atoms with Crippen molar-refractivity contribution in [1.29, 1.82) is 0 Å². The van der Waals surface area contributed by atoms with Gasteiger partial charge in [-0.2, -0.15) is 5.10 Å². The van der Waals surface area contributed by atoms with Gasteiger partial charge >= 0.3 is 0 Å². The van der Waals surface area contributed by atoms with E-state index in [9.17, 15) is 4.79 Å². The third-order valence-corrected chi connectivity index (χ3v) is 3.00. The molecule has 5 nitrogen and oxygen atoms in total. The zero-order valence-corrected chi connectivity index (χ0v) is 12.7. The van der Waals surface area contributed by atoms with Gasteiger partial charge in [0.25, 0.3) is 5.91 Å². The number of methoxy groups -OCH3 is 1. The number of aryl methyl sites for hydroxylation is 1. The Bertz CT molecular complexity index is 668. The lowest BCUT2D eigenvalue weighted by Gasteiger charge is -2.06. The first kappa shape index (κ1) is 15.6. The topological polar surface area (TPSA) is 62.7 Å². The number of carbonyl (C=O) groups is 1. The average molecular weight is 297 g/mol. The largest absolute Gasteiger partial charge is 0.496 e. The van der Waals surface area contributed by atoms with Gasteiger partial charge in [0.2, 0.25) is 0 Å². The monoisotopic (exact) mass is 297 g/mol. The molecule has 0 aromatic heterocycles. The summed E-state index contributed by atoms with van der Waals surface area (Å²) in [6, 6.07) is 15.3. The van der Waals surface area contributed by atoms with Crippen LogP contribution in [0.1, 0.15) is 11.1 Å². The summed E-state index contributed by atoms with van der Waals surface area (Å²) in [5, 5.41) is 6.98. The van der Waals surface area contributed by atoms with E-state index in [1.165, 1.54) is 0 Å².